The van der Waals surface area contributed by atoms with E-state index in [2.05, 4.69) is 42.4 Å². The molecule has 1 aromatic carbocycles. The first kappa shape index (κ1) is 14.4. The van der Waals surface area contributed by atoms with Crippen molar-refractivity contribution in [2.45, 2.75) is 32.2 Å². The number of fused-ring (bicyclic) bond motifs is 1. The van der Waals surface area contributed by atoms with Crippen LogP contribution < -0.4 is 15.1 Å². The van der Waals surface area contributed by atoms with Crippen LogP contribution >= 0.6 is 0 Å². The van der Waals surface area contributed by atoms with Gasteiger partial charge in [-0.15, -0.1) is 0 Å². The van der Waals surface area contributed by atoms with Gasteiger partial charge >= 0.3 is 0 Å². The van der Waals surface area contributed by atoms with Crippen LogP contribution in [0.2, 0.25) is 0 Å². The number of piperidine rings is 1. The van der Waals surface area contributed by atoms with E-state index in [1.54, 1.807) is 0 Å². The number of nitrogens with zero attached hydrogens (tertiary/aromatic N) is 2. The first-order chi connectivity index (χ1) is 10.2. The Morgan fingerprint density at radius 3 is 2.76 bits per heavy atom. The molecule has 1 amide bonds. The molecule has 2 heterocycles. The average molecular weight is 287 g/mol. The zero-order chi connectivity index (χ0) is 14.8. The molecule has 3 rings (SSSR count). The molecule has 0 saturated carbocycles. The van der Waals surface area contributed by atoms with Gasteiger partial charge in [0.05, 0.1) is 11.4 Å². The van der Waals surface area contributed by atoms with Gasteiger partial charge in [-0.05, 0) is 44.9 Å². The van der Waals surface area contributed by atoms with Crippen molar-refractivity contribution >= 4 is 17.3 Å². The fourth-order valence-corrected chi connectivity index (χ4v) is 3.53. The molecule has 2 aliphatic rings. The summed E-state index contributed by atoms with van der Waals surface area (Å²) in [5, 5.41) is 3.43. The number of carbonyl (C=O) groups is 1. The molecule has 0 aromatic heterocycles. The van der Waals surface area contributed by atoms with E-state index in [0.29, 0.717) is 11.9 Å². The van der Waals surface area contributed by atoms with Crippen LogP contribution in [0.4, 0.5) is 11.4 Å². The minimum atomic E-state index is 0.165. The molecule has 2 atom stereocenters. The third-order valence-corrected chi connectivity index (χ3v) is 4.70. The third kappa shape index (κ3) is 2.91. The Morgan fingerprint density at radius 1 is 1.24 bits per heavy atom. The van der Waals surface area contributed by atoms with Gasteiger partial charge in [0.15, 0.2) is 0 Å². The lowest BCUT2D eigenvalue weighted by molar-refractivity contribution is -0.123. The lowest BCUT2D eigenvalue weighted by atomic mass is 9.91. The van der Waals surface area contributed by atoms with Gasteiger partial charge in [0.2, 0.25) is 5.91 Å². The number of para-hydroxylation sites is 2. The van der Waals surface area contributed by atoms with E-state index in [1.165, 1.54) is 5.69 Å². The number of hydrogen-bond donors (Lipinski definition) is 1. The van der Waals surface area contributed by atoms with Crippen LogP contribution in [0.1, 0.15) is 26.2 Å². The second-order valence-electron chi connectivity index (χ2n) is 6.33. The zero-order valence-electron chi connectivity index (χ0n) is 13.0. The Hall–Kier alpha value is -1.55. The van der Waals surface area contributed by atoms with E-state index < -0.39 is 0 Å². The summed E-state index contributed by atoms with van der Waals surface area (Å²) in [4.78, 5) is 17.3. The summed E-state index contributed by atoms with van der Waals surface area (Å²) in [5.74, 6) is 0.476. The Bertz CT molecular complexity index is 517. The quantitative estimate of drug-likeness (QED) is 0.860. The Kier molecular flexibility index (Phi) is 4.15. The van der Waals surface area contributed by atoms with Gasteiger partial charge in [-0.25, -0.2) is 0 Å². The van der Waals surface area contributed by atoms with Crippen LogP contribution in [0, 0.1) is 5.92 Å². The fraction of sp³-hybridized carbons (Fsp3) is 0.588. The van der Waals surface area contributed by atoms with E-state index in [4.69, 9.17) is 0 Å². The lowest BCUT2D eigenvalue weighted by Crippen LogP contribution is -2.44. The molecule has 0 spiro atoms. The summed E-state index contributed by atoms with van der Waals surface area (Å²) in [7, 11) is 2.11. The smallest absolute Gasteiger partial charge is 0.230 e. The molecule has 1 N–H and O–H groups in total. The molecule has 4 nitrogen and oxygen atoms in total. The maximum absolute atomic E-state index is 13.0. The molecule has 1 saturated heterocycles. The molecule has 21 heavy (non-hydrogen) atoms. The number of benzene rings is 1. The van der Waals surface area contributed by atoms with Crippen molar-refractivity contribution in [3.05, 3.63) is 24.3 Å². The van der Waals surface area contributed by atoms with Crippen molar-refractivity contribution in [1.82, 2.24) is 5.32 Å². The minimum absolute atomic E-state index is 0.165. The van der Waals surface area contributed by atoms with E-state index in [-0.39, 0.29) is 5.92 Å². The molecule has 0 aliphatic carbocycles. The Balaban J connectivity index is 1.87. The van der Waals surface area contributed by atoms with Gasteiger partial charge in [0, 0.05) is 32.1 Å². The average Bonchev–Trinajstić information content (AvgIpc) is 2.66. The van der Waals surface area contributed by atoms with E-state index in [9.17, 15) is 4.79 Å². The second-order valence-corrected chi connectivity index (χ2v) is 6.33. The maximum atomic E-state index is 13.0. The van der Waals surface area contributed by atoms with Crippen LogP contribution in [0.15, 0.2) is 24.3 Å². The van der Waals surface area contributed by atoms with Crippen molar-refractivity contribution in [1.29, 1.82) is 0 Å². The van der Waals surface area contributed by atoms with Crippen LogP contribution in [0.3, 0.4) is 0 Å². The van der Waals surface area contributed by atoms with Crippen molar-refractivity contribution in [3.8, 4) is 0 Å². The van der Waals surface area contributed by atoms with Crippen LogP contribution in [0.5, 0.6) is 0 Å². The number of rotatable bonds is 1. The molecule has 0 radical (unpaired) electrons. The number of carbonyl (C=O) groups excluding carboxylic acids is 1. The van der Waals surface area contributed by atoms with Gasteiger partial charge < -0.3 is 15.1 Å². The third-order valence-electron chi connectivity index (χ3n) is 4.70. The maximum Gasteiger partial charge on any atom is 0.230 e. The topological polar surface area (TPSA) is 35.6 Å². The molecule has 2 aliphatic heterocycles. The lowest BCUT2D eigenvalue weighted by Gasteiger charge is -2.32. The molecule has 1 aromatic rings. The van der Waals surface area contributed by atoms with Crippen molar-refractivity contribution < 1.29 is 4.79 Å². The molecule has 0 unspecified atom stereocenters. The van der Waals surface area contributed by atoms with Crippen LogP contribution in [-0.2, 0) is 4.79 Å². The first-order valence-electron chi connectivity index (χ1n) is 8.01. The normalized spacial score (nSPS) is 26.2. The summed E-state index contributed by atoms with van der Waals surface area (Å²) in [5.41, 5.74) is 2.25. The first-order valence-corrected chi connectivity index (χ1v) is 8.01. The highest BCUT2D eigenvalue weighted by atomic mass is 16.2. The summed E-state index contributed by atoms with van der Waals surface area (Å²) in [6.45, 7) is 4.96. The van der Waals surface area contributed by atoms with Gasteiger partial charge in [-0.3, -0.25) is 4.79 Å². The summed E-state index contributed by atoms with van der Waals surface area (Å²) >= 11 is 0. The van der Waals surface area contributed by atoms with Gasteiger partial charge in [0.1, 0.15) is 0 Å². The minimum Gasteiger partial charge on any atom is -0.373 e. The van der Waals surface area contributed by atoms with Crippen molar-refractivity contribution in [2.75, 3.05) is 36.5 Å². The summed E-state index contributed by atoms with van der Waals surface area (Å²) in [6, 6.07) is 8.72. The highest BCUT2D eigenvalue weighted by Crippen LogP contribution is 2.33. The summed E-state index contributed by atoms with van der Waals surface area (Å²) in [6.07, 6.45) is 2.93. The molecular weight excluding hydrogens is 262 g/mol. The van der Waals surface area contributed by atoms with Gasteiger partial charge in [-0.1, -0.05) is 12.1 Å². The zero-order valence-corrected chi connectivity index (χ0v) is 13.0. The summed E-state index contributed by atoms with van der Waals surface area (Å²) < 4.78 is 0. The highest BCUT2D eigenvalue weighted by Gasteiger charge is 2.31. The highest BCUT2D eigenvalue weighted by molar-refractivity contribution is 5.98. The molecule has 114 valence electrons. The predicted octanol–water partition coefficient (Wildman–Crippen LogP) is 2.25. The number of anilines is 2. The Morgan fingerprint density at radius 2 is 2.00 bits per heavy atom. The predicted molar refractivity (Wildman–Crippen MR) is 86.9 cm³/mol. The monoisotopic (exact) mass is 287 g/mol. The number of nitrogens with one attached hydrogen (secondary N) is 1. The fourth-order valence-electron chi connectivity index (χ4n) is 3.53. The number of hydrogen-bond acceptors (Lipinski definition) is 3. The van der Waals surface area contributed by atoms with Crippen LogP contribution in [0.25, 0.3) is 0 Å². The number of amides is 1. The standard InChI is InChI=1S/C17H25N3O/c1-13-12-14(8-9-18-13)17(21)20-11-5-10-19(2)15-6-3-4-7-16(15)20/h3-4,6-7,13-14,18H,5,8-12H2,1-2H3/t13-,14-/m0/s1. The van der Waals surface area contributed by atoms with Gasteiger partial charge in [-0.2, -0.15) is 0 Å². The van der Waals surface area contributed by atoms with E-state index >= 15 is 0 Å². The van der Waals surface area contributed by atoms with Gasteiger partial charge in [0.25, 0.3) is 0 Å². The molecule has 1 fully saturated rings. The van der Waals surface area contributed by atoms with Crippen molar-refractivity contribution in [3.63, 3.8) is 0 Å². The molecule has 0 bridgehead atoms. The molecular formula is C17H25N3O. The van der Waals surface area contributed by atoms with E-state index in [1.807, 2.05) is 11.0 Å². The molecule has 4 heteroatoms. The second kappa shape index (κ2) is 6.06. The van der Waals surface area contributed by atoms with Crippen LogP contribution in [-0.4, -0.2) is 38.6 Å². The Labute approximate surface area is 127 Å². The largest absolute Gasteiger partial charge is 0.373 e. The SMILES string of the molecule is C[C@H]1C[C@@H](C(=O)N2CCCN(C)c3ccccc32)CCN1. The van der Waals surface area contributed by atoms with Crippen molar-refractivity contribution in [2.24, 2.45) is 5.92 Å². The van der Waals surface area contributed by atoms with E-state index in [0.717, 1.165) is 44.6 Å².